The van der Waals surface area contributed by atoms with Gasteiger partial charge in [0, 0.05) is 22.5 Å². The van der Waals surface area contributed by atoms with Crippen LogP contribution in [0.3, 0.4) is 0 Å². The minimum Gasteiger partial charge on any atom is -0.493 e. The van der Waals surface area contributed by atoms with Crippen LogP contribution in [0, 0.1) is 0 Å². The van der Waals surface area contributed by atoms with Gasteiger partial charge in [-0.1, -0.05) is 28.1 Å². The van der Waals surface area contributed by atoms with Gasteiger partial charge in [-0.2, -0.15) is 0 Å². The average molecular weight is 348 g/mol. The lowest BCUT2D eigenvalue weighted by molar-refractivity contribution is 0.291. The summed E-state index contributed by atoms with van der Waals surface area (Å²) in [5.74, 6) is 1.80. The predicted molar refractivity (Wildman–Crippen MR) is 86.7 cm³/mol. The van der Waals surface area contributed by atoms with E-state index >= 15 is 0 Å². The lowest BCUT2D eigenvalue weighted by atomic mass is 10.1. The van der Waals surface area contributed by atoms with Crippen LogP contribution in [0.4, 0.5) is 0 Å². The highest BCUT2D eigenvalue weighted by molar-refractivity contribution is 9.10. The van der Waals surface area contributed by atoms with Crippen LogP contribution < -0.4 is 15.2 Å². The van der Waals surface area contributed by atoms with Crippen molar-refractivity contribution >= 4 is 15.9 Å². The van der Waals surface area contributed by atoms with Gasteiger partial charge in [0.15, 0.2) is 0 Å². The molecule has 110 valence electrons. The molecule has 3 nitrogen and oxygen atoms in total. The van der Waals surface area contributed by atoms with Crippen molar-refractivity contribution in [3.05, 3.63) is 57.6 Å². The molecule has 0 aliphatic carbocycles. The van der Waals surface area contributed by atoms with E-state index in [4.69, 9.17) is 15.2 Å². The molecule has 1 aliphatic heterocycles. The standard InChI is InChI=1S/C17H18BrNO2/c1-11(19)12-3-2-4-16(9-12)21-10-14-8-15(18)7-13-5-6-20-17(13)14/h2-4,7-9,11H,5-6,10,19H2,1H3. The van der Waals surface area contributed by atoms with Gasteiger partial charge in [-0.3, -0.25) is 0 Å². The van der Waals surface area contributed by atoms with E-state index in [1.165, 1.54) is 5.56 Å². The first-order valence-electron chi connectivity index (χ1n) is 7.06. The van der Waals surface area contributed by atoms with E-state index in [0.29, 0.717) is 6.61 Å². The molecule has 1 aliphatic rings. The zero-order valence-corrected chi connectivity index (χ0v) is 13.5. The van der Waals surface area contributed by atoms with Gasteiger partial charge >= 0.3 is 0 Å². The summed E-state index contributed by atoms with van der Waals surface area (Å²) in [4.78, 5) is 0. The van der Waals surface area contributed by atoms with Crippen LogP contribution in [0.1, 0.15) is 29.7 Å². The second-order valence-corrected chi connectivity index (χ2v) is 6.22. The van der Waals surface area contributed by atoms with Crippen molar-refractivity contribution in [2.45, 2.75) is 26.0 Å². The quantitative estimate of drug-likeness (QED) is 0.909. The molecule has 0 saturated carbocycles. The summed E-state index contributed by atoms with van der Waals surface area (Å²) in [7, 11) is 0. The molecule has 21 heavy (non-hydrogen) atoms. The summed E-state index contributed by atoms with van der Waals surface area (Å²) in [6.45, 7) is 3.21. The maximum Gasteiger partial charge on any atom is 0.129 e. The molecule has 1 unspecified atom stereocenters. The molecule has 2 N–H and O–H groups in total. The Hall–Kier alpha value is -1.52. The minimum atomic E-state index is 0.00648. The van der Waals surface area contributed by atoms with E-state index in [1.807, 2.05) is 31.2 Å². The zero-order valence-electron chi connectivity index (χ0n) is 11.9. The summed E-state index contributed by atoms with van der Waals surface area (Å²) >= 11 is 3.55. The highest BCUT2D eigenvalue weighted by Gasteiger charge is 2.17. The van der Waals surface area contributed by atoms with Crippen molar-refractivity contribution in [3.63, 3.8) is 0 Å². The molecule has 0 spiro atoms. The summed E-state index contributed by atoms with van der Waals surface area (Å²) in [6, 6.07) is 12.1. The maximum absolute atomic E-state index is 5.91. The van der Waals surface area contributed by atoms with Gasteiger partial charge in [0.1, 0.15) is 18.1 Å². The van der Waals surface area contributed by atoms with Gasteiger partial charge < -0.3 is 15.2 Å². The summed E-state index contributed by atoms with van der Waals surface area (Å²) < 4.78 is 12.7. The van der Waals surface area contributed by atoms with E-state index in [2.05, 4.69) is 28.1 Å². The number of nitrogens with two attached hydrogens (primary N) is 1. The molecule has 1 atom stereocenters. The number of benzene rings is 2. The monoisotopic (exact) mass is 347 g/mol. The first-order chi connectivity index (χ1) is 10.1. The van der Waals surface area contributed by atoms with Crippen molar-refractivity contribution in [1.82, 2.24) is 0 Å². The zero-order chi connectivity index (χ0) is 14.8. The van der Waals surface area contributed by atoms with Crippen LogP contribution in [-0.2, 0) is 13.0 Å². The van der Waals surface area contributed by atoms with E-state index in [0.717, 1.165) is 40.1 Å². The Balaban J connectivity index is 1.78. The van der Waals surface area contributed by atoms with E-state index in [9.17, 15) is 0 Å². The fourth-order valence-electron chi connectivity index (χ4n) is 2.50. The molecule has 0 bridgehead atoms. The molecule has 2 aromatic carbocycles. The highest BCUT2D eigenvalue weighted by Crippen LogP contribution is 2.33. The van der Waals surface area contributed by atoms with Crippen molar-refractivity contribution in [2.24, 2.45) is 5.73 Å². The van der Waals surface area contributed by atoms with Crippen LogP contribution in [0.2, 0.25) is 0 Å². The molecule has 4 heteroatoms. The maximum atomic E-state index is 5.91. The smallest absolute Gasteiger partial charge is 0.129 e. The topological polar surface area (TPSA) is 44.5 Å². The Kier molecular flexibility index (Phi) is 4.17. The summed E-state index contributed by atoms with van der Waals surface area (Å²) in [6.07, 6.45) is 0.960. The largest absolute Gasteiger partial charge is 0.493 e. The number of fused-ring (bicyclic) bond motifs is 1. The van der Waals surface area contributed by atoms with Crippen molar-refractivity contribution in [2.75, 3.05) is 6.61 Å². The molecule has 0 amide bonds. The third-order valence-electron chi connectivity index (χ3n) is 3.60. The molecule has 1 heterocycles. The Morgan fingerprint density at radius 2 is 2.19 bits per heavy atom. The Bertz CT molecular complexity index is 655. The normalized spacial score (nSPS) is 14.4. The third-order valence-corrected chi connectivity index (χ3v) is 4.06. The van der Waals surface area contributed by atoms with Gasteiger partial charge in [0.2, 0.25) is 0 Å². The van der Waals surface area contributed by atoms with E-state index in [1.54, 1.807) is 0 Å². The fraction of sp³-hybridized carbons (Fsp3) is 0.294. The molecule has 0 fully saturated rings. The van der Waals surface area contributed by atoms with Gasteiger partial charge in [-0.15, -0.1) is 0 Å². The van der Waals surface area contributed by atoms with Crippen molar-refractivity contribution < 1.29 is 9.47 Å². The number of hydrogen-bond donors (Lipinski definition) is 1. The molecular formula is C17H18BrNO2. The molecule has 0 aromatic heterocycles. The first kappa shape index (κ1) is 14.4. The van der Waals surface area contributed by atoms with E-state index < -0.39 is 0 Å². The van der Waals surface area contributed by atoms with Crippen LogP contribution in [0.25, 0.3) is 0 Å². The number of halogens is 1. The van der Waals surface area contributed by atoms with Gasteiger partial charge in [-0.25, -0.2) is 0 Å². The Morgan fingerprint density at radius 1 is 1.33 bits per heavy atom. The molecule has 2 aromatic rings. The second kappa shape index (κ2) is 6.08. The van der Waals surface area contributed by atoms with Crippen LogP contribution >= 0.6 is 15.9 Å². The lowest BCUT2D eigenvalue weighted by Gasteiger charge is -2.12. The van der Waals surface area contributed by atoms with Crippen molar-refractivity contribution in [3.8, 4) is 11.5 Å². The van der Waals surface area contributed by atoms with Gasteiger partial charge in [0.05, 0.1) is 6.61 Å². The Morgan fingerprint density at radius 3 is 3.00 bits per heavy atom. The van der Waals surface area contributed by atoms with Crippen LogP contribution in [0.15, 0.2) is 40.9 Å². The number of ether oxygens (including phenoxy) is 2. The third kappa shape index (κ3) is 3.22. The molecule has 0 radical (unpaired) electrons. The van der Waals surface area contributed by atoms with E-state index in [-0.39, 0.29) is 6.04 Å². The number of rotatable bonds is 4. The Labute approximate surface area is 133 Å². The van der Waals surface area contributed by atoms with Gasteiger partial charge in [0.25, 0.3) is 0 Å². The van der Waals surface area contributed by atoms with Crippen molar-refractivity contribution in [1.29, 1.82) is 0 Å². The SMILES string of the molecule is CC(N)c1cccc(OCc2cc(Br)cc3c2OCC3)c1. The van der Waals surface area contributed by atoms with Crippen LogP contribution in [0.5, 0.6) is 11.5 Å². The fourth-order valence-corrected chi connectivity index (χ4v) is 3.05. The predicted octanol–water partition coefficient (Wildman–Crippen LogP) is 3.98. The molecule has 0 saturated heterocycles. The summed E-state index contributed by atoms with van der Waals surface area (Å²) in [5, 5.41) is 0. The molecular weight excluding hydrogens is 330 g/mol. The lowest BCUT2D eigenvalue weighted by Crippen LogP contribution is -2.05. The second-order valence-electron chi connectivity index (χ2n) is 5.30. The highest BCUT2D eigenvalue weighted by atomic mass is 79.9. The molecule has 3 rings (SSSR count). The van der Waals surface area contributed by atoms with Gasteiger partial charge in [-0.05, 0) is 42.3 Å². The average Bonchev–Trinajstić information content (AvgIpc) is 2.93. The number of hydrogen-bond acceptors (Lipinski definition) is 3. The first-order valence-corrected chi connectivity index (χ1v) is 7.85. The minimum absolute atomic E-state index is 0.00648. The summed E-state index contributed by atoms with van der Waals surface area (Å²) in [5.41, 5.74) is 9.29. The van der Waals surface area contributed by atoms with Crippen LogP contribution in [-0.4, -0.2) is 6.61 Å².